The second-order valence-corrected chi connectivity index (χ2v) is 8.71. The molecule has 0 spiro atoms. The molecule has 4 rings (SSSR count). The molecule has 192 valence electrons. The van der Waals surface area contributed by atoms with Gasteiger partial charge in [-0.1, -0.05) is 37.1 Å². The fourth-order valence-electron chi connectivity index (χ4n) is 4.22. The Morgan fingerprint density at radius 1 is 1.08 bits per heavy atom. The third kappa shape index (κ3) is 5.76. The topological polar surface area (TPSA) is 114 Å². The summed E-state index contributed by atoms with van der Waals surface area (Å²) in [6.45, 7) is 0.210. The summed E-state index contributed by atoms with van der Waals surface area (Å²) in [6, 6.07) is 8.70. The smallest absolute Gasteiger partial charge is 0.416 e. The van der Waals surface area contributed by atoms with Gasteiger partial charge >= 0.3 is 12.1 Å². The van der Waals surface area contributed by atoms with Gasteiger partial charge in [-0.15, -0.1) is 0 Å². The van der Waals surface area contributed by atoms with E-state index in [9.17, 15) is 32.7 Å². The van der Waals surface area contributed by atoms with Gasteiger partial charge < -0.3 is 15.0 Å². The molecule has 0 bridgehead atoms. The van der Waals surface area contributed by atoms with Gasteiger partial charge in [-0.2, -0.15) is 13.2 Å². The molecular weight excluding hydrogens is 489 g/mol. The SMILES string of the molecule is O=C(NC1(C(=O)O)CCCC1)c1cccc(/C=C/Cn2ccnc2C(=O)c2ccc(C(F)(F)F)cc2)n1. The van der Waals surface area contributed by atoms with E-state index in [1.54, 1.807) is 30.5 Å². The number of carboxylic acids is 1. The van der Waals surface area contributed by atoms with Gasteiger partial charge in [-0.25, -0.2) is 14.8 Å². The number of hydrogen-bond acceptors (Lipinski definition) is 5. The van der Waals surface area contributed by atoms with E-state index in [2.05, 4.69) is 15.3 Å². The number of amides is 1. The fraction of sp³-hybridized carbons (Fsp3) is 0.269. The minimum Gasteiger partial charge on any atom is -0.480 e. The van der Waals surface area contributed by atoms with Crippen molar-refractivity contribution in [2.75, 3.05) is 0 Å². The summed E-state index contributed by atoms with van der Waals surface area (Å²) in [5.41, 5.74) is -1.52. The van der Waals surface area contributed by atoms with Gasteiger partial charge in [0.15, 0.2) is 5.82 Å². The zero-order valence-corrected chi connectivity index (χ0v) is 19.5. The monoisotopic (exact) mass is 512 g/mol. The molecule has 2 aromatic heterocycles. The maximum absolute atomic E-state index is 12.8. The molecular formula is C26H23F3N4O4. The molecule has 0 atom stereocenters. The van der Waals surface area contributed by atoms with Gasteiger partial charge in [-0.3, -0.25) is 9.59 Å². The lowest BCUT2D eigenvalue weighted by atomic mass is 9.97. The number of carboxylic acid groups (broad SMARTS) is 1. The van der Waals surface area contributed by atoms with Crippen LogP contribution in [0, 0.1) is 0 Å². The Morgan fingerprint density at radius 3 is 2.43 bits per heavy atom. The molecule has 2 N–H and O–H groups in total. The number of aromatic nitrogens is 3. The highest BCUT2D eigenvalue weighted by molar-refractivity contribution is 6.06. The summed E-state index contributed by atoms with van der Waals surface area (Å²) in [6.07, 6.45) is 3.97. The van der Waals surface area contributed by atoms with Crippen molar-refractivity contribution in [2.45, 2.75) is 43.9 Å². The molecule has 1 saturated carbocycles. The molecule has 8 nitrogen and oxygen atoms in total. The summed E-state index contributed by atoms with van der Waals surface area (Å²) in [5, 5.41) is 12.2. The van der Waals surface area contributed by atoms with Gasteiger partial charge in [0.25, 0.3) is 5.91 Å². The Balaban J connectivity index is 1.43. The highest BCUT2D eigenvalue weighted by Gasteiger charge is 2.42. The predicted molar refractivity (Wildman–Crippen MR) is 127 cm³/mol. The zero-order chi connectivity index (χ0) is 26.6. The number of ketones is 1. The van der Waals surface area contributed by atoms with Crippen molar-refractivity contribution in [1.29, 1.82) is 0 Å². The van der Waals surface area contributed by atoms with E-state index in [-0.39, 0.29) is 23.6 Å². The number of nitrogens with one attached hydrogen (secondary N) is 1. The van der Waals surface area contributed by atoms with Crippen molar-refractivity contribution in [3.8, 4) is 0 Å². The minimum atomic E-state index is -4.50. The van der Waals surface area contributed by atoms with Crippen molar-refractivity contribution in [3.05, 3.63) is 89.3 Å². The van der Waals surface area contributed by atoms with Crippen LogP contribution in [0.15, 0.2) is 60.9 Å². The maximum Gasteiger partial charge on any atom is 0.416 e. The molecule has 0 unspecified atom stereocenters. The number of carbonyl (C=O) groups excluding carboxylic acids is 2. The van der Waals surface area contributed by atoms with Gasteiger partial charge in [0.1, 0.15) is 11.2 Å². The van der Waals surface area contributed by atoms with E-state index in [1.807, 2.05) is 0 Å². The molecule has 1 aliphatic carbocycles. The van der Waals surface area contributed by atoms with E-state index in [0.717, 1.165) is 37.1 Å². The molecule has 11 heteroatoms. The molecule has 1 aliphatic rings. The summed E-state index contributed by atoms with van der Waals surface area (Å²) in [7, 11) is 0. The number of halogens is 3. The van der Waals surface area contributed by atoms with Crippen LogP contribution in [0.2, 0.25) is 0 Å². The summed E-state index contributed by atoms with van der Waals surface area (Å²) < 4.78 is 39.9. The van der Waals surface area contributed by atoms with E-state index < -0.39 is 34.9 Å². The van der Waals surface area contributed by atoms with Crippen molar-refractivity contribution in [3.63, 3.8) is 0 Å². The Labute approximate surface area is 209 Å². The average Bonchev–Trinajstić information content (AvgIpc) is 3.54. The Morgan fingerprint density at radius 2 is 1.78 bits per heavy atom. The summed E-state index contributed by atoms with van der Waals surface area (Å²) in [5.74, 6) is -2.10. The predicted octanol–water partition coefficient (Wildman–Crippen LogP) is 4.37. The van der Waals surface area contributed by atoms with Crippen LogP contribution in [0.3, 0.4) is 0 Å². The fourth-order valence-corrected chi connectivity index (χ4v) is 4.22. The minimum absolute atomic E-state index is 0.0565. The first-order chi connectivity index (χ1) is 17.6. The molecule has 0 aliphatic heterocycles. The molecule has 2 heterocycles. The first-order valence-electron chi connectivity index (χ1n) is 11.5. The number of rotatable bonds is 8. The summed E-state index contributed by atoms with van der Waals surface area (Å²) >= 11 is 0. The van der Waals surface area contributed by atoms with E-state index in [0.29, 0.717) is 18.5 Å². The summed E-state index contributed by atoms with van der Waals surface area (Å²) in [4.78, 5) is 45.5. The number of alkyl halides is 3. The second kappa shape index (κ2) is 10.4. The third-order valence-corrected chi connectivity index (χ3v) is 6.21. The molecule has 0 saturated heterocycles. The number of allylic oxidation sites excluding steroid dienone is 1. The van der Waals surface area contributed by atoms with Crippen molar-refractivity contribution in [1.82, 2.24) is 19.9 Å². The third-order valence-electron chi connectivity index (χ3n) is 6.21. The number of pyridine rings is 1. The van der Waals surface area contributed by atoms with E-state index in [1.165, 1.54) is 16.8 Å². The van der Waals surface area contributed by atoms with Crippen molar-refractivity contribution < 1.29 is 32.7 Å². The lowest BCUT2D eigenvalue weighted by molar-refractivity contribution is -0.144. The Bertz CT molecular complexity index is 1340. The number of imidazole rings is 1. The molecule has 1 amide bonds. The Hall–Kier alpha value is -4.28. The average molecular weight is 512 g/mol. The number of aliphatic carboxylic acids is 1. The molecule has 0 radical (unpaired) electrons. The van der Waals surface area contributed by atoms with Crippen LogP contribution in [0.25, 0.3) is 6.08 Å². The van der Waals surface area contributed by atoms with Crippen molar-refractivity contribution in [2.24, 2.45) is 0 Å². The Kier molecular flexibility index (Phi) is 7.23. The highest BCUT2D eigenvalue weighted by atomic mass is 19.4. The van der Waals surface area contributed by atoms with Gasteiger partial charge in [0.2, 0.25) is 5.78 Å². The first-order valence-corrected chi connectivity index (χ1v) is 11.5. The molecule has 1 fully saturated rings. The van der Waals surface area contributed by atoms with Crippen LogP contribution in [-0.2, 0) is 17.5 Å². The first kappa shape index (κ1) is 25.8. The highest BCUT2D eigenvalue weighted by Crippen LogP contribution is 2.30. The maximum atomic E-state index is 12.8. The van der Waals surface area contributed by atoms with Crippen LogP contribution in [-0.4, -0.2) is 42.8 Å². The van der Waals surface area contributed by atoms with E-state index >= 15 is 0 Å². The van der Waals surface area contributed by atoms with Crippen LogP contribution in [0.4, 0.5) is 13.2 Å². The van der Waals surface area contributed by atoms with Crippen LogP contribution < -0.4 is 5.32 Å². The number of nitrogens with zero attached hydrogens (tertiary/aromatic N) is 3. The van der Waals surface area contributed by atoms with Crippen LogP contribution >= 0.6 is 0 Å². The quantitative estimate of drug-likeness (QED) is 0.434. The lowest BCUT2D eigenvalue weighted by Crippen LogP contribution is -2.52. The standard InChI is InChI=1S/C26H23F3N4O4/c27-26(28,29)18-10-8-17(9-11-18)21(34)22-30-14-16-33(22)15-4-6-19-5-3-7-20(31-19)23(35)32-25(24(36)37)12-1-2-13-25/h3-11,14,16H,1-2,12-13,15H2,(H,32,35)(H,36,37)/b6-4+. The van der Waals surface area contributed by atoms with Crippen LogP contribution in [0.1, 0.15) is 63.6 Å². The molecule has 37 heavy (non-hydrogen) atoms. The van der Waals surface area contributed by atoms with Crippen molar-refractivity contribution >= 4 is 23.7 Å². The number of benzene rings is 1. The van der Waals surface area contributed by atoms with Gasteiger partial charge in [0.05, 0.1) is 11.3 Å². The lowest BCUT2D eigenvalue weighted by Gasteiger charge is -2.25. The van der Waals surface area contributed by atoms with Gasteiger partial charge in [-0.05, 0) is 43.2 Å². The normalized spacial score (nSPS) is 15.1. The van der Waals surface area contributed by atoms with E-state index in [4.69, 9.17) is 0 Å². The zero-order valence-electron chi connectivity index (χ0n) is 19.5. The van der Waals surface area contributed by atoms with Crippen LogP contribution in [0.5, 0.6) is 0 Å². The largest absolute Gasteiger partial charge is 0.480 e. The second-order valence-electron chi connectivity index (χ2n) is 8.71. The number of carbonyl (C=O) groups is 3. The van der Waals surface area contributed by atoms with Gasteiger partial charge in [0, 0.05) is 24.5 Å². The number of hydrogen-bond donors (Lipinski definition) is 2. The molecule has 3 aromatic rings. The molecule has 1 aromatic carbocycles.